The van der Waals surface area contributed by atoms with E-state index in [2.05, 4.69) is 26.1 Å². The molecule has 3 heteroatoms. The fourth-order valence-electron chi connectivity index (χ4n) is 2.03. The second-order valence-corrected chi connectivity index (χ2v) is 4.91. The van der Waals surface area contributed by atoms with Crippen molar-refractivity contribution in [1.82, 2.24) is 5.32 Å². The second kappa shape index (κ2) is 4.60. The number of hydrogen-bond donors (Lipinski definition) is 3. The van der Waals surface area contributed by atoms with E-state index >= 15 is 0 Å². The van der Waals surface area contributed by atoms with Gasteiger partial charge in [0.1, 0.15) is 0 Å². The maximum Gasteiger partial charge on any atom is 0.0621 e. The Bertz CT molecular complexity index is 182. The Morgan fingerprint density at radius 3 is 2.50 bits per heavy atom. The summed E-state index contributed by atoms with van der Waals surface area (Å²) in [6, 6.07) is 0.783. The Hall–Kier alpha value is -0.120. The zero-order chi connectivity index (χ0) is 10.8. The van der Waals surface area contributed by atoms with Crippen LogP contribution in [-0.2, 0) is 0 Å². The average molecular weight is 201 g/mol. The first-order valence-electron chi connectivity index (χ1n) is 5.57. The predicted octanol–water partition coefficient (Wildman–Crippen LogP) is 0.896. The Labute approximate surface area is 86.5 Å². The third kappa shape index (κ3) is 2.27. The van der Waals surface area contributed by atoms with Crippen LogP contribution in [0.25, 0.3) is 0 Å². The Kier molecular flexibility index (Phi) is 3.93. The van der Waals surface area contributed by atoms with Gasteiger partial charge in [0.2, 0.25) is 0 Å². The molecule has 0 saturated heterocycles. The minimum Gasteiger partial charge on any atom is -0.396 e. The van der Waals surface area contributed by atoms with Gasteiger partial charge in [0, 0.05) is 24.1 Å². The lowest BCUT2D eigenvalue weighted by Gasteiger charge is -2.51. The fourth-order valence-corrected chi connectivity index (χ4v) is 2.03. The summed E-state index contributed by atoms with van der Waals surface area (Å²) in [7, 11) is 0. The van der Waals surface area contributed by atoms with Crippen molar-refractivity contribution in [2.24, 2.45) is 5.41 Å². The van der Waals surface area contributed by atoms with Crippen LogP contribution in [0.1, 0.15) is 40.0 Å². The molecule has 3 unspecified atom stereocenters. The van der Waals surface area contributed by atoms with Gasteiger partial charge in [0.25, 0.3) is 0 Å². The molecule has 1 aliphatic carbocycles. The van der Waals surface area contributed by atoms with E-state index < -0.39 is 0 Å². The van der Waals surface area contributed by atoms with Gasteiger partial charge in [-0.15, -0.1) is 0 Å². The molecule has 0 aliphatic heterocycles. The first-order chi connectivity index (χ1) is 6.52. The first kappa shape index (κ1) is 12.0. The molecular weight excluding hydrogens is 178 g/mol. The molecule has 1 rings (SSSR count). The largest absolute Gasteiger partial charge is 0.396 e. The third-order valence-electron chi connectivity index (χ3n) is 3.62. The molecule has 0 heterocycles. The molecule has 3 N–H and O–H groups in total. The highest BCUT2D eigenvalue weighted by molar-refractivity contribution is 5.02. The third-order valence-corrected chi connectivity index (χ3v) is 3.62. The summed E-state index contributed by atoms with van der Waals surface area (Å²) in [5.74, 6) is 0. The zero-order valence-corrected chi connectivity index (χ0v) is 9.45. The van der Waals surface area contributed by atoms with Crippen LogP contribution < -0.4 is 5.32 Å². The average Bonchev–Trinajstić information content (AvgIpc) is 2.16. The van der Waals surface area contributed by atoms with Crippen LogP contribution in [0.15, 0.2) is 0 Å². The van der Waals surface area contributed by atoms with Crippen molar-refractivity contribution in [2.45, 2.75) is 58.2 Å². The summed E-state index contributed by atoms with van der Waals surface area (Å²) in [6.07, 6.45) is 2.50. The lowest BCUT2D eigenvalue weighted by molar-refractivity contribution is -0.0766. The van der Waals surface area contributed by atoms with Crippen molar-refractivity contribution in [3.63, 3.8) is 0 Å². The van der Waals surface area contributed by atoms with E-state index in [9.17, 15) is 5.11 Å². The van der Waals surface area contributed by atoms with E-state index in [4.69, 9.17) is 5.11 Å². The highest BCUT2D eigenvalue weighted by Crippen LogP contribution is 2.40. The van der Waals surface area contributed by atoms with Crippen LogP contribution in [0.2, 0.25) is 0 Å². The maximum atomic E-state index is 9.57. The number of hydrogen-bond acceptors (Lipinski definition) is 3. The fraction of sp³-hybridized carbons (Fsp3) is 1.00. The quantitative estimate of drug-likeness (QED) is 0.619. The monoisotopic (exact) mass is 201 g/mol. The van der Waals surface area contributed by atoms with E-state index in [1.165, 1.54) is 0 Å². The molecule has 0 radical (unpaired) electrons. The summed E-state index contributed by atoms with van der Waals surface area (Å²) in [6.45, 7) is 6.53. The molecule has 84 valence electrons. The number of rotatable bonds is 5. The number of aliphatic hydroxyl groups excluding tert-OH is 2. The smallest absolute Gasteiger partial charge is 0.0621 e. The summed E-state index contributed by atoms with van der Waals surface area (Å²) in [5, 5.41) is 21.9. The topological polar surface area (TPSA) is 52.5 Å². The molecule has 0 aromatic rings. The van der Waals surface area contributed by atoms with Crippen LogP contribution >= 0.6 is 0 Å². The number of nitrogens with one attached hydrogen (secondary N) is 1. The molecule has 3 nitrogen and oxygen atoms in total. The van der Waals surface area contributed by atoms with E-state index in [-0.39, 0.29) is 18.1 Å². The zero-order valence-electron chi connectivity index (χ0n) is 9.45. The normalized spacial score (nSPS) is 32.4. The van der Waals surface area contributed by atoms with E-state index in [1.807, 2.05) is 0 Å². The molecule has 3 atom stereocenters. The summed E-state index contributed by atoms with van der Waals surface area (Å²) in [4.78, 5) is 0. The summed E-state index contributed by atoms with van der Waals surface area (Å²) >= 11 is 0. The summed E-state index contributed by atoms with van der Waals surface area (Å²) in [5.41, 5.74) is -0.0110. The molecule has 1 saturated carbocycles. The van der Waals surface area contributed by atoms with Gasteiger partial charge in [0.15, 0.2) is 0 Å². The van der Waals surface area contributed by atoms with Crippen LogP contribution in [0.4, 0.5) is 0 Å². The number of aliphatic hydroxyl groups is 2. The molecule has 0 bridgehead atoms. The van der Waals surface area contributed by atoms with Crippen LogP contribution in [0, 0.1) is 5.41 Å². The SMILES string of the molecule is CCC(CCO)NC1CC(O)C1(C)C. The lowest BCUT2D eigenvalue weighted by Crippen LogP contribution is -2.61. The second-order valence-electron chi connectivity index (χ2n) is 4.91. The van der Waals surface area contributed by atoms with Gasteiger partial charge in [0.05, 0.1) is 6.10 Å². The highest BCUT2D eigenvalue weighted by atomic mass is 16.3. The van der Waals surface area contributed by atoms with Crippen molar-refractivity contribution in [3.05, 3.63) is 0 Å². The lowest BCUT2D eigenvalue weighted by atomic mass is 9.64. The van der Waals surface area contributed by atoms with Gasteiger partial charge in [-0.1, -0.05) is 20.8 Å². The molecular formula is C11H23NO2. The van der Waals surface area contributed by atoms with Gasteiger partial charge >= 0.3 is 0 Å². The van der Waals surface area contributed by atoms with Crippen molar-refractivity contribution >= 4 is 0 Å². The van der Waals surface area contributed by atoms with Gasteiger partial charge in [-0.05, 0) is 19.3 Å². The van der Waals surface area contributed by atoms with Crippen LogP contribution in [0.5, 0.6) is 0 Å². The minimum atomic E-state index is -0.174. The molecule has 0 amide bonds. The Morgan fingerprint density at radius 2 is 2.14 bits per heavy atom. The van der Waals surface area contributed by atoms with Crippen molar-refractivity contribution in [1.29, 1.82) is 0 Å². The minimum absolute atomic E-state index is 0.0110. The highest BCUT2D eigenvalue weighted by Gasteiger charge is 2.47. The molecule has 14 heavy (non-hydrogen) atoms. The van der Waals surface area contributed by atoms with E-state index in [0.717, 1.165) is 19.3 Å². The molecule has 0 aromatic heterocycles. The van der Waals surface area contributed by atoms with Gasteiger partial charge in [-0.25, -0.2) is 0 Å². The Morgan fingerprint density at radius 1 is 1.50 bits per heavy atom. The van der Waals surface area contributed by atoms with Gasteiger partial charge < -0.3 is 15.5 Å². The van der Waals surface area contributed by atoms with E-state index in [1.54, 1.807) is 0 Å². The summed E-state index contributed by atoms with van der Waals surface area (Å²) < 4.78 is 0. The van der Waals surface area contributed by atoms with E-state index in [0.29, 0.717) is 12.1 Å². The standard InChI is InChI=1S/C11H23NO2/c1-4-8(5-6-13)12-9-7-10(14)11(9,2)3/h8-10,12-14H,4-7H2,1-3H3. The van der Waals surface area contributed by atoms with Crippen molar-refractivity contribution in [3.8, 4) is 0 Å². The van der Waals surface area contributed by atoms with Crippen LogP contribution in [-0.4, -0.2) is 35.0 Å². The molecule has 1 aliphatic rings. The predicted molar refractivity (Wildman–Crippen MR) is 57.1 cm³/mol. The van der Waals surface area contributed by atoms with Gasteiger partial charge in [-0.2, -0.15) is 0 Å². The van der Waals surface area contributed by atoms with Crippen molar-refractivity contribution in [2.75, 3.05) is 6.61 Å². The van der Waals surface area contributed by atoms with Crippen LogP contribution in [0.3, 0.4) is 0 Å². The molecule has 0 aromatic carbocycles. The molecule has 0 spiro atoms. The van der Waals surface area contributed by atoms with Gasteiger partial charge in [-0.3, -0.25) is 0 Å². The Balaban J connectivity index is 2.37. The first-order valence-corrected chi connectivity index (χ1v) is 5.57. The molecule has 1 fully saturated rings. The van der Waals surface area contributed by atoms with Crippen molar-refractivity contribution < 1.29 is 10.2 Å². The maximum absolute atomic E-state index is 9.57.